The van der Waals surface area contributed by atoms with E-state index >= 15 is 0 Å². The summed E-state index contributed by atoms with van der Waals surface area (Å²) in [5.41, 5.74) is 5.54. The molecule has 0 spiro atoms. The van der Waals surface area contributed by atoms with Crippen LogP contribution in [0.5, 0.6) is 5.75 Å². The first kappa shape index (κ1) is 22.9. The van der Waals surface area contributed by atoms with Crippen LogP contribution in [0.2, 0.25) is 5.02 Å². The Morgan fingerprint density at radius 2 is 1.77 bits per heavy atom. The van der Waals surface area contributed by atoms with Crippen molar-refractivity contribution in [1.82, 2.24) is 14.9 Å². The molecular formula is C27H26ClN5O2. The molecule has 8 heteroatoms. The van der Waals surface area contributed by atoms with Gasteiger partial charge in [0.25, 0.3) is 0 Å². The van der Waals surface area contributed by atoms with Gasteiger partial charge in [-0.05, 0) is 72.6 Å². The fourth-order valence-electron chi connectivity index (χ4n) is 4.44. The number of piperazine rings is 1. The van der Waals surface area contributed by atoms with Gasteiger partial charge in [-0.25, -0.2) is 9.97 Å². The van der Waals surface area contributed by atoms with Crippen molar-refractivity contribution in [2.45, 2.75) is 13.8 Å². The third kappa shape index (κ3) is 4.86. The molecule has 3 aromatic carbocycles. The summed E-state index contributed by atoms with van der Waals surface area (Å²) in [4.78, 5) is 24.9. The van der Waals surface area contributed by atoms with Gasteiger partial charge in [-0.2, -0.15) is 0 Å². The molecule has 35 heavy (non-hydrogen) atoms. The first-order valence-electron chi connectivity index (χ1n) is 11.5. The van der Waals surface area contributed by atoms with Crippen LogP contribution in [0.4, 0.5) is 17.3 Å². The Morgan fingerprint density at radius 1 is 1.03 bits per heavy atom. The van der Waals surface area contributed by atoms with E-state index in [0.717, 1.165) is 65.1 Å². The zero-order valence-electron chi connectivity index (χ0n) is 19.6. The molecule has 1 aliphatic rings. The Morgan fingerprint density at radius 3 is 2.49 bits per heavy atom. The van der Waals surface area contributed by atoms with E-state index in [4.69, 9.17) is 16.6 Å². The molecule has 2 heterocycles. The number of nitrogens with one attached hydrogen (secondary N) is 1. The molecule has 1 fully saturated rings. The largest absolute Gasteiger partial charge is 0.508 e. The van der Waals surface area contributed by atoms with Crippen molar-refractivity contribution >= 4 is 45.7 Å². The van der Waals surface area contributed by atoms with Gasteiger partial charge in [0.05, 0.1) is 5.52 Å². The number of halogens is 1. The van der Waals surface area contributed by atoms with E-state index in [0.29, 0.717) is 11.0 Å². The first-order valence-corrected chi connectivity index (χ1v) is 11.9. The molecule has 1 amide bonds. The predicted octanol–water partition coefficient (Wildman–Crippen LogP) is 5.38. The molecule has 0 unspecified atom stereocenters. The van der Waals surface area contributed by atoms with E-state index in [-0.39, 0.29) is 11.7 Å². The number of aryl methyl sites for hydroxylation is 1. The highest BCUT2D eigenvalue weighted by atomic mass is 35.5. The number of rotatable bonds is 4. The molecule has 178 valence electrons. The maximum absolute atomic E-state index is 11.5. The van der Waals surface area contributed by atoms with Gasteiger partial charge in [0, 0.05) is 66.6 Å². The van der Waals surface area contributed by atoms with Gasteiger partial charge in [-0.15, -0.1) is 0 Å². The first-order chi connectivity index (χ1) is 16.9. The third-order valence-corrected chi connectivity index (χ3v) is 6.68. The summed E-state index contributed by atoms with van der Waals surface area (Å²) >= 11 is 6.36. The number of nitrogens with zero attached hydrogens (tertiary/aromatic N) is 4. The van der Waals surface area contributed by atoms with E-state index in [1.165, 1.54) is 0 Å². The van der Waals surface area contributed by atoms with Gasteiger partial charge in [0.15, 0.2) is 0 Å². The smallest absolute Gasteiger partial charge is 0.227 e. The molecule has 5 rings (SSSR count). The number of hydrogen-bond acceptors (Lipinski definition) is 6. The predicted molar refractivity (Wildman–Crippen MR) is 141 cm³/mol. The molecular weight excluding hydrogens is 462 g/mol. The van der Waals surface area contributed by atoms with Crippen LogP contribution in [0.25, 0.3) is 22.0 Å². The number of anilines is 3. The number of carbonyl (C=O) groups excluding carboxylic acids is 1. The topological polar surface area (TPSA) is 81.6 Å². The second-order valence-corrected chi connectivity index (χ2v) is 9.16. The maximum atomic E-state index is 11.5. The van der Waals surface area contributed by atoms with Crippen LogP contribution in [-0.4, -0.2) is 52.1 Å². The highest BCUT2D eigenvalue weighted by Gasteiger charge is 2.18. The van der Waals surface area contributed by atoms with Crippen LogP contribution in [-0.2, 0) is 4.79 Å². The van der Waals surface area contributed by atoms with Crippen LogP contribution < -0.4 is 10.2 Å². The summed E-state index contributed by atoms with van der Waals surface area (Å²) in [6.07, 6.45) is 1.79. The lowest BCUT2D eigenvalue weighted by Crippen LogP contribution is -2.48. The summed E-state index contributed by atoms with van der Waals surface area (Å²) in [5, 5.41) is 14.6. The van der Waals surface area contributed by atoms with Crippen molar-refractivity contribution < 1.29 is 9.90 Å². The summed E-state index contributed by atoms with van der Waals surface area (Å²) in [7, 11) is 0. The normalized spacial score (nSPS) is 13.8. The number of aromatic nitrogens is 2. The third-order valence-electron chi connectivity index (χ3n) is 6.35. The Labute approximate surface area is 209 Å². The minimum Gasteiger partial charge on any atom is -0.508 e. The molecule has 1 aromatic heterocycles. The van der Waals surface area contributed by atoms with Crippen LogP contribution in [0.15, 0.2) is 60.8 Å². The molecule has 1 saturated heterocycles. The quantitative estimate of drug-likeness (QED) is 0.402. The zero-order valence-corrected chi connectivity index (χ0v) is 20.4. The standard InChI is InChI=1S/C27H26ClN5O2/c1-17-13-19(24-15-23(35)7-8-25(24)28)14-20-16-29-27(31-26(17)20)30-21-3-5-22(6-4-21)33-11-9-32(10-12-33)18(2)34/h3-8,13-16,35H,9-12H2,1-2H3,(H,29,30,31). The molecule has 7 nitrogen and oxygen atoms in total. The lowest BCUT2D eigenvalue weighted by molar-refractivity contribution is -0.129. The molecule has 0 aliphatic carbocycles. The molecule has 2 N–H and O–H groups in total. The van der Waals surface area contributed by atoms with E-state index < -0.39 is 0 Å². The zero-order chi connectivity index (χ0) is 24.5. The fraction of sp³-hybridized carbons (Fsp3) is 0.222. The highest BCUT2D eigenvalue weighted by Crippen LogP contribution is 2.34. The molecule has 0 bridgehead atoms. The minimum atomic E-state index is 0.134. The van der Waals surface area contributed by atoms with E-state index in [1.807, 2.05) is 36.1 Å². The van der Waals surface area contributed by atoms with Crippen molar-refractivity contribution in [3.05, 3.63) is 71.4 Å². The van der Waals surface area contributed by atoms with E-state index in [2.05, 4.69) is 27.3 Å². The lowest BCUT2D eigenvalue weighted by Gasteiger charge is -2.35. The van der Waals surface area contributed by atoms with Gasteiger partial charge in [0.1, 0.15) is 5.75 Å². The Hall–Kier alpha value is -3.84. The molecule has 1 aliphatic heterocycles. The molecule has 4 aromatic rings. The van der Waals surface area contributed by atoms with Crippen molar-refractivity contribution in [2.75, 3.05) is 36.4 Å². The van der Waals surface area contributed by atoms with Gasteiger partial charge in [-0.3, -0.25) is 4.79 Å². The number of hydrogen-bond donors (Lipinski definition) is 2. The Balaban J connectivity index is 1.33. The summed E-state index contributed by atoms with van der Waals surface area (Å²) < 4.78 is 0. The van der Waals surface area contributed by atoms with Crippen LogP contribution in [0, 0.1) is 6.92 Å². The number of phenols is 1. The fourth-order valence-corrected chi connectivity index (χ4v) is 4.66. The maximum Gasteiger partial charge on any atom is 0.227 e. The summed E-state index contributed by atoms with van der Waals surface area (Å²) in [6.45, 7) is 6.78. The SMILES string of the molecule is CC(=O)N1CCN(c2ccc(Nc3ncc4cc(-c5cc(O)ccc5Cl)cc(C)c4n3)cc2)CC1. The highest BCUT2D eigenvalue weighted by molar-refractivity contribution is 6.33. The molecule has 0 radical (unpaired) electrons. The average Bonchev–Trinajstić information content (AvgIpc) is 2.86. The van der Waals surface area contributed by atoms with Gasteiger partial charge < -0.3 is 20.2 Å². The summed E-state index contributed by atoms with van der Waals surface area (Å²) in [5.74, 6) is 0.822. The second kappa shape index (κ2) is 9.43. The number of fused-ring (bicyclic) bond motifs is 1. The van der Waals surface area contributed by atoms with E-state index in [9.17, 15) is 9.90 Å². The van der Waals surface area contributed by atoms with Crippen molar-refractivity contribution in [1.29, 1.82) is 0 Å². The number of aromatic hydroxyl groups is 1. The average molecular weight is 488 g/mol. The van der Waals surface area contributed by atoms with Gasteiger partial charge in [0.2, 0.25) is 11.9 Å². The Bertz CT molecular complexity index is 1400. The van der Waals surface area contributed by atoms with E-state index in [1.54, 1.807) is 31.3 Å². The minimum absolute atomic E-state index is 0.134. The molecule has 0 saturated carbocycles. The van der Waals surface area contributed by atoms with Crippen molar-refractivity contribution in [3.63, 3.8) is 0 Å². The number of carbonyl (C=O) groups is 1. The number of benzene rings is 3. The van der Waals surface area contributed by atoms with Gasteiger partial charge >= 0.3 is 0 Å². The monoisotopic (exact) mass is 487 g/mol. The number of amides is 1. The van der Waals surface area contributed by atoms with Gasteiger partial charge in [-0.1, -0.05) is 11.6 Å². The summed E-state index contributed by atoms with van der Waals surface area (Å²) in [6, 6.07) is 17.1. The van der Waals surface area contributed by atoms with Crippen LogP contribution >= 0.6 is 11.6 Å². The Kier molecular flexibility index (Phi) is 6.17. The van der Waals surface area contributed by atoms with Crippen molar-refractivity contribution in [2.24, 2.45) is 0 Å². The van der Waals surface area contributed by atoms with Crippen LogP contribution in [0.1, 0.15) is 12.5 Å². The van der Waals surface area contributed by atoms with Crippen molar-refractivity contribution in [3.8, 4) is 16.9 Å². The number of phenolic OH excluding ortho intramolecular Hbond substituents is 1. The van der Waals surface area contributed by atoms with Crippen LogP contribution in [0.3, 0.4) is 0 Å². The lowest BCUT2D eigenvalue weighted by atomic mass is 10.0. The molecule has 0 atom stereocenters. The second-order valence-electron chi connectivity index (χ2n) is 8.75.